The molecular formula is C12H19N3O. The Bertz CT molecular complexity index is 382. The van der Waals surface area contributed by atoms with Crippen molar-refractivity contribution in [2.45, 2.75) is 31.4 Å². The normalized spacial score (nSPS) is 33.2. The van der Waals surface area contributed by atoms with Crippen LogP contribution < -0.4 is 5.32 Å². The van der Waals surface area contributed by atoms with E-state index in [2.05, 4.69) is 21.9 Å². The zero-order valence-corrected chi connectivity index (χ0v) is 9.94. The lowest BCUT2D eigenvalue weighted by Crippen LogP contribution is -2.43. The van der Waals surface area contributed by atoms with E-state index in [0.717, 1.165) is 18.9 Å². The van der Waals surface area contributed by atoms with E-state index in [0.29, 0.717) is 12.1 Å². The van der Waals surface area contributed by atoms with Crippen molar-refractivity contribution in [2.75, 3.05) is 13.7 Å². The molecule has 1 fully saturated rings. The molecule has 1 atom stereocenters. The van der Waals surface area contributed by atoms with E-state index in [1.165, 1.54) is 24.2 Å². The van der Waals surface area contributed by atoms with Crippen LogP contribution in [-0.2, 0) is 18.2 Å². The Hall–Kier alpha value is -0.870. The molecule has 1 aromatic heterocycles. The van der Waals surface area contributed by atoms with Crippen molar-refractivity contribution >= 4 is 0 Å². The lowest BCUT2D eigenvalue weighted by Gasteiger charge is -2.41. The molecule has 1 saturated carbocycles. The molecule has 1 N–H and O–H groups in total. The van der Waals surface area contributed by atoms with Crippen molar-refractivity contribution in [1.29, 1.82) is 0 Å². The predicted molar refractivity (Wildman–Crippen MR) is 61.2 cm³/mol. The summed E-state index contributed by atoms with van der Waals surface area (Å²) in [6.07, 6.45) is 5.84. The minimum Gasteiger partial charge on any atom is -0.381 e. The maximum Gasteiger partial charge on any atom is 0.0949 e. The van der Waals surface area contributed by atoms with Crippen LogP contribution in [0.2, 0.25) is 0 Å². The highest BCUT2D eigenvalue weighted by molar-refractivity contribution is 5.22. The van der Waals surface area contributed by atoms with E-state index >= 15 is 0 Å². The molecule has 16 heavy (non-hydrogen) atoms. The second-order valence-corrected chi connectivity index (χ2v) is 4.96. The van der Waals surface area contributed by atoms with Crippen molar-refractivity contribution in [3.63, 3.8) is 0 Å². The van der Waals surface area contributed by atoms with Crippen molar-refractivity contribution in [1.82, 2.24) is 14.9 Å². The van der Waals surface area contributed by atoms with Crippen molar-refractivity contribution in [3.8, 4) is 0 Å². The topological polar surface area (TPSA) is 39.1 Å². The van der Waals surface area contributed by atoms with E-state index in [-0.39, 0.29) is 0 Å². The molecule has 0 amide bonds. The number of hydrogen-bond donors (Lipinski definition) is 1. The Labute approximate surface area is 96.0 Å². The fourth-order valence-corrected chi connectivity index (χ4v) is 2.98. The number of methoxy groups -OCH3 is 1. The average molecular weight is 221 g/mol. The number of aromatic nitrogens is 2. The minimum absolute atomic E-state index is 0.477. The first kappa shape index (κ1) is 10.3. The number of aryl methyl sites for hydroxylation is 1. The summed E-state index contributed by atoms with van der Waals surface area (Å²) in [5.74, 6) is 0.722. The zero-order valence-electron chi connectivity index (χ0n) is 9.94. The second kappa shape index (κ2) is 3.86. The first-order chi connectivity index (χ1) is 7.79. The Morgan fingerprint density at radius 1 is 1.50 bits per heavy atom. The lowest BCUT2D eigenvalue weighted by atomic mass is 9.75. The molecule has 1 aliphatic heterocycles. The van der Waals surface area contributed by atoms with Crippen LogP contribution in [0.1, 0.15) is 30.3 Å². The van der Waals surface area contributed by atoms with E-state index in [1.807, 2.05) is 13.4 Å². The van der Waals surface area contributed by atoms with Crippen LogP contribution in [-0.4, -0.2) is 29.3 Å². The molecule has 1 aromatic rings. The van der Waals surface area contributed by atoms with Crippen LogP contribution in [0.25, 0.3) is 0 Å². The van der Waals surface area contributed by atoms with Crippen LogP contribution in [0.3, 0.4) is 0 Å². The number of imidazole rings is 1. The third-order valence-electron chi connectivity index (χ3n) is 4.02. The highest BCUT2D eigenvalue weighted by atomic mass is 16.5. The van der Waals surface area contributed by atoms with Gasteiger partial charge in [-0.2, -0.15) is 0 Å². The van der Waals surface area contributed by atoms with E-state index in [9.17, 15) is 0 Å². The molecule has 3 rings (SSSR count). The molecule has 0 saturated heterocycles. The fraction of sp³-hybridized carbons (Fsp3) is 0.750. The highest BCUT2D eigenvalue weighted by Crippen LogP contribution is 2.41. The van der Waals surface area contributed by atoms with Crippen LogP contribution >= 0.6 is 0 Å². The summed E-state index contributed by atoms with van der Waals surface area (Å²) in [7, 11) is 3.91. The van der Waals surface area contributed by atoms with Crippen molar-refractivity contribution in [2.24, 2.45) is 13.0 Å². The molecule has 0 spiro atoms. The van der Waals surface area contributed by atoms with Gasteiger partial charge in [-0.25, -0.2) is 4.98 Å². The third-order valence-corrected chi connectivity index (χ3v) is 4.02. The lowest BCUT2D eigenvalue weighted by molar-refractivity contribution is -0.0142. The van der Waals surface area contributed by atoms with Gasteiger partial charge >= 0.3 is 0 Å². The highest BCUT2D eigenvalue weighted by Gasteiger charge is 2.39. The van der Waals surface area contributed by atoms with Gasteiger partial charge in [0.2, 0.25) is 0 Å². The zero-order chi connectivity index (χ0) is 11.1. The van der Waals surface area contributed by atoms with E-state index < -0.39 is 0 Å². The average Bonchev–Trinajstić information content (AvgIpc) is 2.60. The van der Waals surface area contributed by atoms with Gasteiger partial charge in [0.1, 0.15) is 0 Å². The summed E-state index contributed by atoms with van der Waals surface area (Å²) >= 11 is 0. The van der Waals surface area contributed by atoms with Gasteiger partial charge in [-0.3, -0.25) is 0 Å². The molecule has 0 aromatic carbocycles. The largest absolute Gasteiger partial charge is 0.381 e. The van der Waals surface area contributed by atoms with Gasteiger partial charge in [0, 0.05) is 27.1 Å². The molecule has 4 heteroatoms. The quantitative estimate of drug-likeness (QED) is 0.811. The van der Waals surface area contributed by atoms with Gasteiger partial charge in [0.05, 0.1) is 29.9 Å². The first-order valence-electron chi connectivity index (χ1n) is 6.06. The first-order valence-corrected chi connectivity index (χ1v) is 6.06. The van der Waals surface area contributed by atoms with Crippen LogP contribution in [0.15, 0.2) is 6.33 Å². The molecule has 1 aliphatic carbocycles. The summed E-state index contributed by atoms with van der Waals surface area (Å²) in [5, 5.41) is 3.63. The van der Waals surface area contributed by atoms with Gasteiger partial charge in [-0.05, 0) is 18.8 Å². The summed E-state index contributed by atoms with van der Waals surface area (Å²) < 4.78 is 7.53. The van der Waals surface area contributed by atoms with Gasteiger partial charge in [-0.1, -0.05) is 0 Å². The molecule has 1 unspecified atom stereocenters. The summed E-state index contributed by atoms with van der Waals surface area (Å²) in [6.45, 7) is 1.06. The van der Waals surface area contributed by atoms with Crippen LogP contribution in [0, 0.1) is 5.92 Å². The Balaban J connectivity index is 1.80. The number of ether oxygens (including phenoxy) is 1. The molecule has 2 heterocycles. The standard InChI is InChI=1S/C12H19N3O/c1-15-7-14-10-3-4-13-11(12(10)15)8-5-9(6-8)16-2/h7-9,11,13H,3-6H2,1-2H3. The Kier molecular flexibility index (Phi) is 2.48. The molecule has 0 radical (unpaired) electrons. The smallest absolute Gasteiger partial charge is 0.0949 e. The number of nitrogens with one attached hydrogen (secondary N) is 1. The second-order valence-electron chi connectivity index (χ2n) is 4.96. The maximum atomic E-state index is 5.36. The molecular weight excluding hydrogens is 202 g/mol. The maximum absolute atomic E-state index is 5.36. The minimum atomic E-state index is 0.477. The van der Waals surface area contributed by atoms with Crippen LogP contribution in [0.4, 0.5) is 0 Å². The summed E-state index contributed by atoms with van der Waals surface area (Å²) in [4.78, 5) is 4.48. The molecule has 88 valence electrons. The van der Waals surface area contributed by atoms with Crippen molar-refractivity contribution < 1.29 is 4.74 Å². The summed E-state index contributed by atoms with van der Waals surface area (Å²) in [6, 6.07) is 0.489. The van der Waals surface area contributed by atoms with Crippen LogP contribution in [0.5, 0.6) is 0 Å². The third kappa shape index (κ3) is 1.48. The Morgan fingerprint density at radius 2 is 2.31 bits per heavy atom. The monoisotopic (exact) mass is 221 g/mol. The molecule has 0 bridgehead atoms. The SMILES string of the molecule is COC1CC(C2NCCc3ncn(C)c32)C1. The molecule has 4 nitrogen and oxygen atoms in total. The summed E-state index contributed by atoms with van der Waals surface area (Å²) in [5.41, 5.74) is 2.68. The molecule has 2 aliphatic rings. The number of rotatable bonds is 2. The van der Waals surface area contributed by atoms with E-state index in [4.69, 9.17) is 4.74 Å². The van der Waals surface area contributed by atoms with Gasteiger partial charge < -0.3 is 14.6 Å². The fourth-order valence-electron chi connectivity index (χ4n) is 2.98. The van der Waals surface area contributed by atoms with Crippen molar-refractivity contribution in [3.05, 3.63) is 17.7 Å². The van der Waals surface area contributed by atoms with Gasteiger partial charge in [0.15, 0.2) is 0 Å². The van der Waals surface area contributed by atoms with E-state index in [1.54, 1.807) is 0 Å². The number of nitrogens with zero attached hydrogens (tertiary/aromatic N) is 2. The van der Waals surface area contributed by atoms with Gasteiger partial charge in [-0.15, -0.1) is 0 Å². The number of hydrogen-bond acceptors (Lipinski definition) is 3. The number of fused-ring (bicyclic) bond motifs is 1. The predicted octanol–water partition coefficient (Wildman–Crippen LogP) is 1.03. The Morgan fingerprint density at radius 3 is 3.06 bits per heavy atom. The van der Waals surface area contributed by atoms with Gasteiger partial charge in [0.25, 0.3) is 0 Å².